The number of rotatable bonds is 6. The molecule has 1 unspecified atom stereocenters. The van der Waals surface area contributed by atoms with Crippen molar-refractivity contribution in [3.63, 3.8) is 0 Å². The lowest BCUT2D eigenvalue weighted by Gasteiger charge is -2.19. The zero-order valence-corrected chi connectivity index (χ0v) is 15.2. The zero-order valence-electron chi connectivity index (χ0n) is 15.2. The highest BCUT2D eigenvalue weighted by Gasteiger charge is 2.17. The molecule has 2 aromatic carbocycles. The van der Waals surface area contributed by atoms with Crippen LogP contribution in [0, 0.1) is 6.92 Å². The molecule has 2 N–H and O–H groups in total. The Morgan fingerprint density at radius 3 is 2.12 bits per heavy atom. The fourth-order valence-electron chi connectivity index (χ4n) is 2.89. The molecule has 0 saturated heterocycles. The fraction of sp³-hybridized carbons (Fsp3) is 0.318. The number of hydrogen-bond acceptors (Lipinski definition) is 1. The molecule has 0 saturated carbocycles. The lowest BCUT2D eigenvalue weighted by molar-refractivity contribution is 0.772. The smallest absolute Gasteiger partial charge is 0.0961 e. The summed E-state index contributed by atoms with van der Waals surface area (Å²) in [6, 6.07) is 17.6. The lowest BCUT2D eigenvalue weighted by Crippen LogP contribution is -2.11. The molecule has 0 aromatic heterocycles. The number of aryl methyl sites for hydroxylation is 2. The molecule has 0 heterocycles. The first-order valence-corrected chi connectivity index (χ1v) is 8.64. The summed E-state index contributed by atoms with van der Waals surface area (Å²) in [7, 11) is 0. The largest absolute Gasteiger partial charge is 0.387 e. The van der Waals surface area contributed by atoms with Gasteiger partial charge in [0.2, 0.25) is 0 Å². The normalized spacial score (nSPS) is 13.8. The van der Waals surface area contributed by atoms with Crippen LogP contribution in [0.15, 0.2) is 65.3 Å². The second-order valence-corrected chi connectivity index (χ2v) is 6.30. The Labute approximate surface area is 146 Å². The number of aliphatic imine (C=N–C) groups is 1. The quantitative estimate of drug-likeness (QED) is 0.579. The Kier molecular flexibility index (Phi) is 6.36. The van der Waals surface area contributed by atoms with Crippen molar-refractivity contribution in [1.29, 1.82) is 0 Å². The second kappa shape index (κ2) is 8.49. The molecule has 0 aliphatic heterocycles. The van der Waals surface area contributed by atoms with Gasteiger partial charge in [-0.3, -0.25) is 0 Å². The van der Waals surface area contributed by atoms with Crippen LogP contribution < -0.4 is 5.73 Å². The van der Waals surface area contributed by atoms with Crippen molar-refractivity contribution >= 4 is 5.84 Å². The van der Waals surface area contributed by atoms with E-state index in [1.165, 1.54) is 22.3 Å². The third-order valence-corrected chi connectivity index (χ3v) is 4.31. The van der Waals surface area contributed by atoms with Crippen molar-refractivity contribution in [2.45, 2.75) is 46.5 Å². The molecule has 24 heavy (non-hydrogen) atoms. The number of hydrogen-bond donors (Lipinski definition) is 1. The second-order valence-electron chi connectivity index (χ2n) is 6.30. The highest BCUT2D eigenvalue weighted by Crippen LogP contribution is 2.30. The third kappa shape index (κ3) is 4.82. The van der Waals surface area contributed by atoms with E-state index in [1.807, 2.05) is 13.8 Å². The minimum Gasteiger partial charge on any atom is -0.387 e. The first-order chi connectivity index (χ1) is 11.5. The minimum absolute atomic E-state index is 0.210. The molecule has 0 aliphatic carbocycles. The molecule has 0 radical (unpaired) electrons. The van der Waals surface area contributed by atoms with E-state index in [1.54, 1.807) is 0 Å². The Morgan fingerprint density at radius 1 is 1.04 bits per heavy atom. The van der Waals surface area contributed by atoms with Gasteiger partial charge in [-0.1, -0.05) is 67.1 Å². The van der Waals surface area contributed by atoms with E-state index in [2.05, 4.69) is 73.4 Å². The van der Waals surface area contributed by atoms with E-state index in [4.69, 9.17) is 5.73 Å². The van der Waals surface area contributed by atoms with Gasteiger partial charge in [-0.25, -0.2) is 4.99 Å². The number of allylic oxidation sites excluding steroid dienone is 2. The zero-order chi connectivity index (χ0) is 17.5. The van der Waals surface area contributed by atoms with Crippen LogP contribution in [-0.4, -0.2) is 5.84 Å². The SMILES string of the molecule is C/C=C(\N=C(C)N)C(Cc1ccc(C)cc1)c1ccc(CC)cc1. The van der Waals surface area contributed by atoms with Crippen LogP contribution in [0.25, 0.3) is 0 Å². The standard InChI is InChI=1S/C22H28N2/c1-5-18-11-13-20(14-12-18)21(22(6-2)24-17(4)23)15-19-9-7-16(3)8-10-19/h6-14,21H,5,15H2,1-4H3,(H2,23,24)/b22-6-. The summed E-state index contributed by atoms with van der Waals surface area (Å²) >= 11 is 0. The number of nitrogens with two attached hydrogens (primary N) is 1. The van der Waals surface area contributed by atoms with Gasteiger partial charge in [0, 0.05) is 11.6 Å². The average Bonchev–Trinajstić information content (AvgIpc) is 2.59. The van der Waals surface area contributed by atoms with Gasteiger partial charge < -0.3 is 5.73 Å². The van der Waals surface area contributed by atoms with E-state index in [0.29, 0.717) is 5.84 Å². The summed E-state index contributed by atoms with van der Waals surface area (Å²) in [5.41, 5.74) is 12.1. The molecule has 2 heteroatoms. The Bertz CT molecular complexity index is 703. The van der Waals surface area contributed by atoms with E-state index in [-0.39, 0.29) is 5.92 Å². The Balaban J connectivity index is 2.39. The molecule has 0 fully saturated rings. The summed E-state index contributed by atoms with van der Waals surface area (Å²) in [6.07, 6.45) is 4.05. The average molecular weight is 320 g/mol. The van der Waals surface area contributed by atoms with Gasteiger partial charge in [0.15, 0.2) is 0 Å². The summed E-state index contributed by atoms with van der Waals surface area (Å²) in [6.45, 7) is 8.17. The van der Waals surface area contributed by atoms with Crippen LogP contribution in [0.3, 0.4) is 0 Å². The van der Waals surface area contributed by atoms with Crippen LogP contribution >= 0.6 is 0 Å². The van der Waals surface area contributed by atoms with Gasteiger partial charge in [0.05, 0.1) is 5.84 Å². The fourth-order valence-corrected chi connectivity index (χ4v) is 2.89. The van der Waals surface area contributed by atoms with E-state index >= 15 is 0 Å². The maximum atomic E-state index is 5.85. The van der Waals surface area contributed by atoms with Crippen LogP contribution in [0.5, 0.6) is 0 Å². The summed E-state index contributed by atoms with van der Waals surface area (Å²) in [5, 5.41) is 0. The predicted octanol–water partition coefficient (Wildman–Crippen LogP) is 5.16. The van der Waals surface area contributed by atoms with E-state index in [0.717, 1.165) is 18.5 Å². The van der Waals surface area contributed by atoms with Crippen molar-refractivity contribution in [2.24, 2.45) is 10.7 Å². The molecule has 126 valence electrons. The summed E-state index contributed by atoms with van der Waals surface area (Å²) < 4.78 is 0. The first-order valence-electron chi connectivity index (χ1n) is 8.64. The van der Waals surface area contributed by atoms with Crippen LogP contribution in [0.2, 0.25) is 0 Å². The molecule has 0 amide bonds. The van der Waals surface area contributed by atoms with E-state index < -0.39 is 0 Å². The molecule has 2 aromatic rings. The maximum Gasteiger partial charge on any atom is 0.0961 e. The van der Waals surface area contributed by atoms with Crippen LogP contribution in [0.1, 0.15) is 48.9 Å². The number of amidine groups is 1. The van der Waals surface area contributed by atoms with E-state index in [9.17, 15) is 0 Å². The third-order valence-electron chi connectivity index (χ3n) is 4.31. The number of nitrogens with zero attached hydrogens (tertiary/aromatic N) is 1. The Hall–Kier alpha value is -2.35. The van der Waals surface area contributed by atoms with Gasteiger partial charge in [-0.15, -0.1) is 0 Å². The highest BCUT2D eigenvalue weighted by atomic mass is 14.9. The molecule has 0 bridgehead atoms. The van der Waals surface area contributed by atoms with Crippen molar-refractivity contribution in [3.8, 4) is 0 Å². The Morgan fingerprint density at radius 2 is 1.62 bits per heavy atom. The van der Waals surface area contributed by atoms with Crippen molar-refractivity contribution in [1.82, 2.24) is 0 Å². The molecule has 0 spiro atoms. The van der Waals surface area contributed by atoms with Crippen molar-refractivity contribution in [3.05, 3.63) is 82.6 Å². The topological polar surface area (TPSA) is 38.4 Å². The number of benzene rings is 2. The first kappa shape index (κ1) is 18.0. The molecule has 1 atom stereocenters. The lowest BCUT2D eigenvalue weighted by atomic mass is 9.88. The van der Waals surface area contributed by atoms with Crippen LogP contribution in [0.4, 0.5) is 0 Å². The van der Waals surface area contributed by atoms with Crippen LogP contribution in [-0.2, 0) is 12.8 Å². The molecular weight excluding hydrogens is 292 g/mol. The van der Waals surface area contributed by atoms with Gasteiger partial charge >= 0.3 is 0 Å². The molecule has 2 rings (SSSR count). The monoisotopic (exact) mass is 320 g/mol. The van der Waals surface area contributed by atoms with Gasteiger partial charge in [0.25, 0.3) is 0 Å². The van der Waals surface area contributed by atoms with Crippen molar-refractivity contribution in [2.75, 3.05) is 0 Å². The van der Waals surface area contributed by atoms with Crippen molar-refractivity contribution < 1.29 is 0 Å². The summed E-state index contributed by atoms with van der Waals surface area (Å²) in [5.74, 6) is 0.810. The van der Waals surface area contributed by atoms with Gasteiger partial charge in [0.1, 0.15) is 0 Å². The maximum absolute atomic E-state index is 5.85. The molecular formula is C22H28N2. The van der Waals surface area contributed by atoms with Gasteiger partial charge in [-0.2, -0.15) is 0 Å². The predicted molar refractivity (Wildman–Crippen MR) is 104 cm³/mol. The van der Waals surface area contributed by atoms with Gasteiger partial charge in [-0.05, 0) is 50.3 Å². The molecule has 0 aliphatic rings. The minimum atomic E-state index is 0.210. The summed E-state index contributed by atoms with van der Waals surface area (Å²) in [4.78, 5) is 4.58. The highest BCUT2D eigenvalue weighted by molar-refractivity contribution is 5.78. The molecule has 2 nitrogen and oxygen atoms in total.